The third kappa shape index (κ3) is 5.39. The lowest BCUT2D eigenvalue weighted by atomic mass is 10.0. The van der Waals surface area contributed by atoms with Crippen molar-refractivity contribution in [2.24, 2.45) is 0 Å². The molecule has 0 aromatic heterocycles. The lowest BCUT2D eigenvalue weighted by Gasteiger charge is -2.25. The Morgan fingerprint density at radius 3 is 2.13 bits per heavy atom. The van der Waals surface area contributed by atoms with Gasteiger partial charge in [-0.3, -0.25) is 4.79 Å². The molecule has 1 amide bonds. The Bertz CT molecular complexity index is 1070. The fraction of sp³-hybridized carbons (Fsp3) is 0.154. The van der Waals surface area contributed by atoms with Gasteiger partial charge in [-0.2, -0.15) is 0 Å². The van der Waals surface area contributed by atoms with Crippen molar-refractivity contribution < 1.29 is 19.1 Å². The Kier molecular flexibility index (Phi) is 7.22. The number of nitrogens with zero attached hydrogens (tertiary/aromatic N) is 1. The van der Waals surface area contributed by atoms with Crippen molar-refractivity contribution >= 4 is 23.6 Å². The first-order chi connectivity index (χ1) is 15.0. The van der Waals surface area contributed by atoms with Crippen LogP contribution < -0.4 is 4.74 Å². The van der Waals surface area contributed by atoms with Crippen LogP contribution in [0.2, 0.25) is 0 Å². The Morgan fingerprint density at radius 1 is 0.871 bits per heavy atom. The van der Waals surface area contributed by atoms with Crippen molar-refractivity contribution in [3.63, 3.8) is 0 Å². The molecule has 0 heterocycles. The van der Waals surface area contributed by atoms with Gasteiger partial charge in [-0.15, -0.1) is 0 Å². The molecule has 0 saturated carbocycles. The number of benzene rings is 3. The van der Waals surface area contributed by atoms with Crippen molar-refractivity contribution in [2.45, 2.75) is 13.5 Å². The van der Waals surface area contributed by atoms with Gasteiger partial charge >= 0.3 is 5.97 Å². The first-order valence-corrected chi connectivity index (χ1v) is 9.89. The van der Waals surface area contributed by atoms with Gasteiger partial charge < -0.3 is 14.4 Å². The highest BCUT2D eigenvalue weighted by Gasteiger charge is 2.19. The molecule has 0 fully saturated rings. The summed E-state index contributed by atoms with van der Waals surface area (Å²) in [5.74, 6) is 0.176. The second-order valence-corrected chi connectivity index (χ2v) is 6.93. The molecule has 0 unspecified atom stereocenters. The van der Waals surface area contributed by atoms with Crippen LogP contribution in [0, 0.1) is 0 Å². The van der Waals surface area contributed by atoms with Gasteiger partial charge in [0.15, 0.2) is 0 Å². The number of amides is 1. The minimum Gasteiger partial charge on any atom is -0.497 e. The first-order valence-electron chi connectivity index (χ1n) is 9.89. The van der Waals surface area contributed by atoms with Crippen LogP contribution in [0.25, 0.3) is 11.8 Å². The lowest BCUT2D eigenvalue weighted by molar-refractivity contribution is -0.126. The fourth-order valence-corrected chi connectivity index (χ4v) is 3.28. The molecule has 3 aromatic rings. The van der Waals surface area contributed by atoms with Gasteiger partial charge in [0.2, 0.25) is 5.91 Å². The van der Waals surface area contributed by atoms with E-state index in [0.29, 0.717) is 23.4 Å². The van der Waals surface area contributed by atoms with Crippen LogP contribution in [0.4, 0.5) is 0 Å². The molecule has 0 atom stereocenters. The maximum atomic E-state index is 12.7. The van der Waals surface area contributed by atoms with Gasteiger partial charge in [-0.25, -0.2) is 4.79 Å². The number of carbonyl (C=O) groups is 2. The van der Waals surface area contributed by atoms with E-state index in [-0.39, 0.29) is 5.91 Å². The average molecular weight is 415 g/mol. The summed E-state index contributed by atoms with van der Waals surface area (Å²) < 4.78 is 10.2. The van der Waals surface area contributed by atoms with Gasteiger partial charge in [0.05, 0.1) is 32.0 Å². The third-order valence-electron chi connectivity index (χ3n) is 4.90. The molecule has 3 rings (SSSR count). The Morgan fingerprint density at radius 2 is 1.52 bits per heavy atom. The summed E-state index contributed by atoms with van der Waals surface area (Å²) in [7, 11) is 2.96. The predicted octanol–water partition coefficient (Wildman–Crippen LogP) is 5.03. The van der Waals surface area contributed by atoms with Gasteiger partial charge in [0, 0.05) is 6.92 Å². The van der Waals surface area contributed by atoms with Gasteiger partial charge in [-0.1, -0.05) is 48.5 Å². The summed E-state index contributed by atoms with van der Waals surface area (Å²) in [5, 5.41) is 0. The molecule has 5 nitrogen and oxygen atoms in total. The van der Waals surface area contributed by atoms with Gasteiger partial charge in [0.25, 0.3) is 0 Å². The minimum absolute atomic E-state index is 0.110. The molecule has 0 aliphatic rings. The number of methoxy groups -OCH3 is 2. The van der Waals surface area contributed by atoms with E-state index in [9.17, 15) is 9.59 Å². The van der Waals surface area contributed by atoms with Crippen LogP contribution in [0.1, 0.15) is 34.0 Å². The fourth-order valence-electron chi connectivity index (χ4n) is 3.28. The smallest absolute Gasteiger partial charge is 0.338 e. The van der Waals surface area contributed by atoms with Crippen LogP contribution in [0.5, 0.6) is 5.75 Å². The number of hydrogen-bond acceptors (Lipinski definition) is 4. The topological polar surface area (TPSA) is 55.8 Å². The minimum atomic E-state index is -0.432. The summed E-state index contributed by atoms with van der Waals surface area (Å²) in [4.78, 5) is 26.7. The van der Waals surface area contributed by atoms with E-state index in [0.717, 1.165) is 16.9 Å². The zero-order valence-corrected chi connectivity index (χ0v) is 17.9. The summed E-state index contributed by atoms with van der Waals surface area (Å²) in [6.45, 7) is 1.93. The summed E-state index contributed by atoms with van der Waals surface area (Å²) >= 11 is 0. The average Bonchev–Trinajstić information content (AvgIpc) is 2.81. The van der Waals surface area contributed by atoms with E-state index in [1.54, 1.807) is 24.1 Å². The van der Waals surface area contributed by atoms with Crippen LogP contribution in [-0.4, -0.2) is 31.0 Å². The van der Waals surface area contributed by atoms with Gasteiger partial charge in [-0.05, 0) is 53.1 Å². The van der Waals surface area contributed by atoms with E-state index in [2.05, 4.69) is 0 Å². The zero-order chi connectivity index (χ0) is 22.2. The van der Waals surface area contributed by atoms with Crippen molar-refractivity contribution in [1.29, 1.82) is 0 Å². The molecular formula is C26H25NO4. The largest absolute Gasteiger partial charge is 0.497 e. The molecule has 5 heteroatoms. The predicted molar refractivity (Wildman–Crippen MR) is 121 cm³/mol. The number of ether oxygens (including phenoxy) is 2. The maximum absolute atomic E-state index is 12.7. The highest BCUT2D eigenvalue weighted by Crippen LogP contribution is 2.28. The highest BCUT2D eigenvalue weighted by molar-refractivity contribution is 5.98. The second kappa shape index (κ2) is 10.3. The molecular weight excluding hydrogens is 390 g/mol. The Labute approximate surface area is 182 Å². The first kappa shape index (κ1) is 21.8. The van der Waals surface area contributed by atoms with E-state index in [1.807, 2.05) is 72.8 Å². The third-order valence-corrected chi connectivity index (χ3v) is 4.90. The van der Waals surface area contributed by atoms with E-state index in [4.69, 9.17) is 9.47 Å². The molecule has 0 bridgehead atoms. The number of rotatable bonds is 7. The number of esters is 1. The standard InChI is InChI=1S/C26H25NO4/c1-19(28)27(18-20-9-5-4-6-10-20)25(21-13-15-23(30-2)16-14-21)17-22-11-7-8-12-24(22)26(29)31-3/h4-17H,18H2,1-3H3/b25-17-. The van der Waals surface area contributed by atoms with Crippen molar-refractivity contribution in [3.05, 3.63) is 101 Å². The molecule has 3 aromatic carbocycles. The summed E-state index contributed by atoms with van der Waals surface area (Å²) in [6, 6.07) is 24.4. The van der Waals surface area contributed by atoms with Crippen molar-refractivity contribution in [3.8, 4) is 5.75 Å². The molecule has 0 aliphatic heterocycles. The van der Waals surface area contributed by atoms with Crippen LogP contribution in [-0.2, 0) is 16.1 Å². The van der Waals surface area contributed by atoms with Crippen LogP contribution in [0.15, 0.2) is 78.9 Å². The monoisotopic (exact) mass is 415 g/mol. The molecule has 0 radical (unpaired) electrons. The van der Waals surface area contributed by atoms with Crippen molar-refractivity contribution in [1.82, 2.24) is 4.90 Å². The number of hydrogen-bond donors (Lipinski definition) is 0. The molecule has 0 aliphatic carbocycles. The van der Waals surface area contributed by atoms with Gasteiger partial charge in [0.1, 0.15) is 5.75 Å². The van der Waals surface area contributed by atoms with Crippen LogP contribution >= 0.6 is 0 Å². The molecule has 31 heavy (non-hydrogen) atoms. The van der Waals surface area contributed by atoms with E-state index in [1.165, 1.54) is 14.0 Å². The molecule has 0 saturated heterocycles. The number of carbonyl (C=O) groups excluding carboxylic acids is 2. The Hall–Kier alpha value is -3.86. The normalized spacial score (nSPS) is 11.0. The van der Waals surface area contributed by atoms with Crippen molar-refractivity contribution in [2.75, 3.05) is 14.2 Å². The Balaban J connectivity index is 2.15. The quantitative estimate of drug-likeness (QED) is 0.401. The summed E-state index contributed by atoms with van der Waals surface area (Å²) in [6.07, 6.45) is 1.85. The lowest BCUT2D eigenvalue weighted by Crippen LogP contribution is -2.26. The molecule has 0 spiro atoms. The second-order valence-electron chi connectivity index (χ2n) is 6.93. The molecule has 158 valence electrons. The molecule has 0 N–H and O–H groups in total. The maximum Gasteiger partial charge on any atom is 0.338 e. The van der Waals surface area contributed by atoms with Crippen LogP contribution in [0.3, 0.4) is 0 Å². The highest BCUT2D eigenvalue weighted by atomic mass is 16.5. The van der Waals surface area contributed by atoms with E-state index < -0.39 is 5.97 Å². The van der Waals surface area contributed by atoms with E-state index >= 15 is 0 Å². The SMILES string of the molecule is COC(=O)c1ccccc1/C=C(/c1ccc(OC)cc1)N(Cc1ccccc1)C(C)=O. The zero-order valence-electron chi connectivity index (χ0n) is 17.9. The summed E-state index contributed by atoms with van der Waals surface area (Å²) in [5.41, 5.74) is 3.60.